The molecule has 0 aromatic heterocycles. The summed E-state index contributed by atoms with van der Waals surface area (Å²) in [6, 6.07) is 12.2. The van der Waals surface area contributed by atoms with Crippen molar-refractivity contribution in [2.75, 3.05) is 0 Å². The minimum absolute atomic E-state index is 0.0150. The first kappa shape index (κ1) is 19.3. The lowest BCUT2D eigenvalue weighted by Crippen LogP contribution is -2.42. The van der Waals surface area contributed by atoms with Crippen molar-refractivity contribution in [2.24, 2.45) is 0 Å². The van der Waals surface area contributed by atoms with Crippen LogP contribution >= 0.6 is 23.2 Å². The standard InChI is InChI=1S/C19H20Cl2N2O2/c1-19(2,3)14-7-4-12(5-8-14)18(25)23-22-17(24)10-13-6-9-15(20)11-16(13)21/h4-9,11H,10H2,1-3H3,(H,22,24)(H,23,25). The van der Waals surface area contributed by atoms with Crippen LogP contribution in [0.2, 0.25) is 10.0 Å². The van der Waals surface area contributed by atoms with Gasteiger partial charge in [-0.2, -0.15) is 0 Å². The second-order valence-corrected chi connectivity index (χ2v) is 7.59. The molecule has 0 aliphatic heterocycles. The molecule has 0 aliphatic carbocycles. The maximum Gasteiger partial charge on any atom is 0.269 e. The van der Waals surface area contributed by atoms with Gasteiger partial charge in [0.2, 0.25) is 5.91 Å². The molecule has 6 heteroatoms. The summed E-state index contributed by atoms with van der Waals surface area (Å²) < 4.78 is 0. The summed E-state index contributed by atoms with van der Waals surface area (Å²) in [5.74, 6) is -0.750. The molecule has 25 heavy (non-hydrogen) atoms. The number of hydrazine groups is 1. The van der Waals surface area contributed by atoms with Gasteiger partial charge in [0.25, 0.3) is 5.91 Å². The Hall–Kier alpha value is -2.04. The number of rotatable bonds is 3. The highest BCUT2D eigenvalue weighted by Crippen LogP contribution is 2.22. The van der Waals surface area contributed by atoms with Crippen LogP contribution in [0.15, 0.2) is 42.5 Å². The van der Waals surface area contributed by atoms with E-state index in [2.05, 4.69) is 31.6 Å². The number of benzene rings is 2. The average molecular weight is 379 g/mol. The molecule has 0 atom stereocenters. The predicted octanol–water partition coefficient (Wildman–Crippen LogP) is 4.29. The summed E-state index contributed by atoms with van der Waals surface area (Å²) in [6.07, 6.45) is 0.0409. The molecule has 0 fully saturated rings. The second kappa shape index (κ2) is 7.89. The van der Waals surface area contributed by atoms with Crippen molar-refractivity contribution in [1.82, 2.24) is 10.9 Å². The number of hydrogen-bond acceptors (Lipinski definition) is 2. The van der Waals surface area contributed by atoms with Crippen LogP contribution in [0.5, 0.6) is 0 Å². The van der Waals surface area contributed by atoms with Crippen molar-refractivity contribution in [3.05, 3.63) is 69.2 Å². The number of amides is 2. The molecule has 0 saturated heterocycles. The Morgan fingerprint density at radius 3 is 2.16 bits per heavy atom. The van der Waals surface area contributed by atoms with Crippen LogP contribution in [-0.4, -0.2) is 11.8 Å². The summed E-state index contributed by atoms with van der Waals surface area (Å²) >= 11 is 11.9. The van der Waals surface area contributed by atoms with Gasteiger partial charge in [-0.1, -0.05) is 62.2 Å². The third kappa shape index (κ3) is 5.48. The molecular formula is C19H20Cl2N2O2. The number of hydrogen-bond donors (Lipinski definition) is 2. The van der Waals surface area contributed by atoms with E-state index in [0.717, 1.165) is 5.56 Å². The Morgan fingerprint density at radius 2 is 1.60 bits per heavy atom. The zero-order chi connectivity index (χ0) is 18.6. The van der Waals surface area contributed by atoms with Crippen LogP contribution in [-0.2, 0) is 16.6 Å². The fourth-order valence-electron chi connectivity index (χ4n) is 2.20. The first-order valence-electron chi connectivity index (χ1n) is 7.80. The zero-order valence-electron chi connectivity index (χ0n) is 14.3. The van der Waals surface area contributed by atoms with Crippen molar-refractivity contribution >= 4 is 35.0 Å². The highest BCUT2D eigenvalue weighted by Gasteiger charge is 2.15. The van der Waals surface area contributed by atoms with Crippen LogP contribution in [0.25, 0.3) is 0 Å². The highest BCUT2D eigenvalue weighted by atomic mass is 35.5. The van der Waals surface area contributed by atoms with Gasteiger partial charge in [0.15, 0.2) is 0 Å². The van der Waals surface area contributed by atoms with E-state index in [-0.39, 0.29) is 23.7 Å². The third-order valence-electron chi connectivity index (χ3n) is 3.69. The quantitative estimate of drug-likeness (QED) is 0.782. The maximum atomic E-state index is 12.1. The van der Waals surface area contributed by atoms with Gasteiger partial charge in [-0.15, -0.1) is 0 Å². The SMILES string of the molecule is CC(C)(C)c1ccc(C(=O)NNC(=O)Cc2ccc(Cl)cc2Cl)cc1. The summed E-state index contributed by atoms with van der Waals surface area (Å²) in [5.41, 5.74) is 7.03. The van der Waals surface area contributed by atoms with E-state index >= 15 is 0 Å². The van der Waals surface area contributed by atoms with E-state index < -0.39 is 0 Å². The Kier molecular flexibility index (Phi) is 6.09. The smallest absolute Gasteiger partial charge is 0.269 e. The molecule has 132 valence electrons. The molecule has 0 radical (unpaired) electrons. The number of halogens is 2. The topological polar surface area (TPSA) is 58.2 Å². The van der Waals surface area contributed by atoms with Crippen LogP contribution in [0.4, 0.5) is 0 Å². The first-order valence-corrected chi connectivity index (χ1v) is 8.56. The number of carbonyl (C=O) groups is 2. The van der Waals surface area contributed by atoms with Gasteiger partial charge >= 0.3 is 0 Å². The lowest BCUT2D eigenvalue weighted by molar-refractivity contribution is -0.121. The molecule has 0 saturated carbocycles. The van der Waals surface area contributed by atoms with E-state index in [0.29, 0.717) is 21.2 Å². The predicted molar refractivity (Wildman–Crippen MR) is 101 cm³/mol. The van der Waals surface area contributed by atoms with Gasteiger partial charge in [-0.3, -0.25) is 20.4 Å². The molecule has 0 spiro atoms. The van der Waals surface area contributed by atoms with Gasteiger partial charge in [0.1, 0.15) is 0 Å². The molecule has 0 heterocycles. The van der Waals surface area contributed by atoms with Crippen LogP contribution in [0.1, 0.15) is 42.3 Å². The molecule has 2 aromatic carbocycles. The summed E-state index contributed by atoms with van der Waals surface area (Å²) in [6.45, 7) is 6.30. The number of nitrogens with one attached hydrogen (secondary N) is 2. The third-order valence-corrected chi connectivity index (χ3v) is 4.28. The molecular weight excluding hydrogens is 359 g/mol. The fraction of sp³-hybridized carbons (Fsp3) is 0.263. The van der Waals surface area contributed by atoms with E-state index in [4.69, 9.17) is 23.2 Å². The monoisotopic (exact) mass is 378 g/mol. The normalized spacial score (nSPS) is 11.1. The Labute approximate surface area is 157 Å². The fourth-order valence-corrected chi connectivity index (χ4v) is 2.68. The van der Waals surface area contributed by atoms with Gasteiger partial charge in [-0.05, 0) is 40.8 Å². The van der Waals surface area contributed by atoms with E-state index in [9.17, 15) is 9.59 Å². The molecule has 2 amide bonds. The van der Waals surface area contributed by atoms with E-state index in [1.54, 1.807) is 30.3 Å². The van der Waals surface area contributed by atoms with Crippen molar-refractivity contribution in [3.63, 3.8) is 0 Å². The lowest BCUT2D eigenvalue weighted by Gasteiger charge is -2.19. The van der Waals surface area contributed by atoms with Crippen molar-refractivity contribution in [3.8, 4) is 0 Å². The van der Waals surface area contributed by atoms with Gasteiger partial charge in [-0.25, -0.2) is 0 Å². The van der Waals surface area contributed by atoms with E-state index in [1.807, 2.05) is 12.1 Å². The lowest BCUT2D eigenvalue weighted by atomic mass is 9.87. The Bertz CT molecular complexity index is 781. The minimum atomic E-state index is -0.379. The first-order chi connectivity index (χ1) is 11.7. The molecule has 2 rings (SSSR count). The van der Waals surface area contributed by atoms with Gasteiger partial charge < -0.3 is 0 Å². The maximum absolute atomic E-state index is 12.1. The Balaban J connectivity index is 1.92. The zero-order valence-corrected chi connectivity index (χ0v) is 15.8. The van der Waals surface area contributed by atoms with E-state index in [1.165, 1.54) is 0 Å². The van der Waals surface area contributed by atoms with Gasteiger partial charge in [0, 0.05) is 15.6 Å². The summed E-state index contributed by atoms with van der Waals surface area (Å²) in [4.78, 5) is 24.1. The largest absolute Gasteiger partial charge is 0.273 e. The van der Waals surface area contributed by atoms with Crippen molar-refractivity contribution in [2.45, 2.75) is 32.6 Å². The van der Waals surface area contributed by atoms with Crippen LogP contribution in [0, 0.1) is 0 Å². The van der Waals surface area contributed by atoms with Crippen molar-refractivity contribution in [1.29, 1.82) is 0 Å². The molecule has 2 aromatic rings. The molecule has 4 nitrogen and oxygen atoms in total. The van der Waals surface area contributed by atoms with Crippen LogP contribution in [0.3, 0.4) is 0 Å². The second-order valence-electron chi connectivity index (χ2n) is 6.74. The average Bonchev–Trinajstić information content (AvgIpc) is 2.54. The van der Waals surface area contributed by atoms with Crippen molar-refractivity contribution < 1.29 is 9.59 Å². The molecule has 0 aliphatic rings. The minimum Gasteiger partial charge on any atom is -0.273 e. The Morgan fingerprint density at radius 1 is 0.960 bits per heavy atom. The molecule has 0 unspecified atom stereocenters. The highest BCUT2D eigenvalue weighted by molar-refractivity contribution is 6.35. The summed E-state index contributed by atoms with van der Waals surface area (Å²) in [5, 5.41) is 0.910. The summed E-state index contributed by atoms with van der Waals surface area (Å²) in [7, 11) is 0. The number of carbonyl (C=O) groups excluding carboxylic acids is 2. The molecule has 0 bridgehead atoms. The molecule has 2 N–H and O–H groups in total. The van der Waals surface area contributed by atoms with Crippen LogP contribution < -0.4 is 10.9 Å². The van der Waals surface area contributed by atoms with Gasteiger partial charge in [0.05, 0.1) is 6.42 Å².